The SMILES string of the molecule is C=Cc1ccc(-c2cc(C=C)cc(CC)c2)cc1. The lowest BCUT2D eigenvalue weighted by atomic mass is 9.98. The first-order chi connectivity index (χ1) is 8.76. The molecule has 0 atom stereocenters. The minimum absolute atomic E-state index is 1.04. The van der Waals surface area contributed by atoms with Gasteiger partial charge in [0.1, 0.15) is 0 Å². The third kappa shape index (κ3) is 2.60. The molecule has 0 fully saturated rings. The van der Waals surface area contributed by atoms with Gasteiger partial charge in [0.05, 0.1) is 0 Å². The van der Waals surface area contributed by atoms with Crippen molar-refractivity contribution in [3.05, 3.63) is 72.3 Å². The molecule has 0 unspecified atom stereocenters. The first kappa shape index (κ1) is 12.4. The van der Waals surface area contributed by atoms with Crippen LogP contribution in [-0.2, 0) is 6.42 Å². The van der Waals surface area contributed by atoms with Crippen LogP contribution in [0.15, 0.2) is 55.6 Å². The van der Waals surface area contributed by atoms with Gasteiger partial charge in [-0.25, -0.2) is 0 Å². The van der Waals surface area contributed by atoms with Crippen molar-refractivity contribution in [2.45, 2.75) is 13.3 Å². The zero-order chi connectivity index (χ0) is 13.0. The van der Waals surface area contributed by atoms with E-state index in [1.807, 2.05) is 12.2 Å². The lowest BCUT2D eigenvalue weighted by Crippen LogP contribution is -1.86. The Morgan fingerprint density at radius 3 is 2.06 bits per heavy atom. The number of hydrogen-bond acceptors (Lipinski definition) is 0. The van der Waals surface area contributed by atoms with Crippen molar-refractivity contribution in [2.75, 3.05) is 0 Å². The highest BCUT2D eigenvalue weighted by molar-refractivity contribution is 5.69. The fraction of sp³-hybridized carbons (Fsp3) is 0.111. The van der Waals surface area contributed by atoms with E-state index in [2.05, 4.69) is 62.5 Å². The summed E-state index contributed by atoms with van der Waals surface area (Å²) in [6.45, 7) is 9.80. The lowest BCUT2D eigenvalue weighted by molar-refractivity contribution is 1.14. The van der Waals surface area contributed by atoms with Gasteiger partial charge in [-0.1, -0.05) is 68.6 Å². The van der Waals surface area contributed by atoms with Gasteiger partial charge < -0.3 is 0 Å². The van der Waals surface area contributed by atoms with Crippen LogP contribution in [0, 0.1) is 0 Å². The Labute approximate surface area is 109 Å². The van der Waals surface area contributed by atoms with Crippen LogP contribution < -0.4 is 0 Å². The molecule has 0 radical (unpaired) electrons. The van der Waals surface area contributed by atoms with Crippen LogP contribution in [0.1, 0.15) is 23.6 Å². The Kier molecular flexibility index (Phi) is 3.78. The van der Waals surface area contributed by atoms with Gasteiger partial charge in [-0.05, 0) is 40.3 Å². The van der Waals surface area contributed by atoms with Crippen molar-refractivity contribution in [2.24, 2.45) is 0 Å². The molecule has 0 saturated heterocycles. The number of rotatable bonds is 4. The van der Waals surface area contributed by atoms with E-state index in [0.29, 0.717) is 0 Å². The molecule has 2 aromatic carbocycles. The molecule has 0 heteroatoms. The van der Waals surface area contributed by atoms with Crippen molar-refractivity contribution < 1.29 is 0 Å². The van der Waals surface area contributed by atoms with Gasteiger partial charge in [0.25, 0.3) is 0 Å². The maximum atomic E-state index is 3.86. The zero-order valence-corrected chi connectivity index (χ0v) is 10.8. The van der Waals surface area contributed by atoms with Crippen LogP contribution in [0.3, 0.4) is 0 Å². The van der Waals surface area contributed by atoms with E-state index in [0.717, 1.165) is 12.0 Å². The molecule has 0 aliphatic rings. The van der Waals surface area contributed by atoms with E-state index >= 15 is 0 Å². The monoisotopic (exact) mass is 234 g/mol. The van der Waals surface area contributed by atoms with Crippen LogP contribution >= 0.6 is 0 Å². The van der Waals surface area contributed by atoms with Crippen molar-refractivity contribution in [1.29, 1.82) is 0 Å². The molecule has 2 aromatic rings. The summed E-state index contributed by atoms with van der Waals surface area (Å²) in [6, 6.07) is 15.1. The first-order valence-corrected chi connectivity index (χ1v) is 6.26. The molecule has 18 heavy (non-hydrogen) atoms. The summed E-state index contributed by atoms with van der Waals surface area (Å²) in [5, 5.41) is 0. The molecule has 0 heterocycles. The average Bonchev–Trinajstić information content (AvgIpc) is 2.46. The molecule has 0 bridgehead atoms. The summed E-state index contributed by atoms with van der Waals surface area (Å²) in [4.78, 5) is 0. The van der Waals surface area contributed by atoms with Gasteiger partial charge in [0, 0.05) is 0 Å². The first-order valence-electron chi connectivity index (χ1n) is 6.26. The average molecular weight is 234 g/mol. The molecule has 0 saturated carbocycles. The normalized spacial score (nSPS) is 10.1. The third-order valence-electron chi connectivity index (χ3n) is 3.14. The van der Waals surface area contributed by atoms with Gasteiger partial charge in [0.2, 0.25) is 0 Å². The zero-order valence-electron chi connectivity index (χ0n) is 10.8. The Morgan fingerprint density at radius 1 is 0.833 bits per heavy atom. The lowest BCUT2D eigenvalue weighted by Gasteiger charge is -2.07. The second kappa shape index (κ2) is 5.50. The predicted octanol–water partition coefficient (Wildman–Crippen LogP) is 5.20. The van der Waals surface area contributed by atoms with Crippen LogP contribution in [0.4, 0.5) is 0 Å². The Morgan fingerprint density at radius 2 is 1.50 bits per heavy atom. The van der Waals surface area contributed by atoms with E-state index in [9.17, 15) is 0 Å². The van der Waals surface area contributed by atoms with Crippen molar-refractivity contribution in [3.8, 4) is 11.1 Å². The summed E-state index contributed by atoms with van der Waals surface area (Å²) in [6.07, 6.45) is 4.81. The van der Waals surface area contributed by atoms with Gasteiger partial charge in [-0.3, -0.25) is 0 Å². The number of hydrogen-bond donors (Lipinski definition) is 0. The van der Waals surface area contributed by atoms with Gasteiger partial charge >= 0.3 is 0 Å². The minimum Gasteiger partial charge on any atom is -0.0985 e. The topological polar surface area (TPSA) is 0 Å². The highest BCUT2D eigenvalue weighted by Crippen LogP contribution is 2.24. The second-order valence-corrected chi connectivity index (χ2v) is 4.35. The smallest absolute Gasteiger partial charge is 0.0175 e. The van der Waals surface area contributed by atoms with Crippen LogP contribution in [0.25, 0.3) is 23.3 Å². The predicted molar refractivity (Wildman–Crippen MR) is 81.4 cm³/mol. The van der Waals surface area contributed by atoms with E-state index < -0.39 is 0 Å². The van der Waals surface area contributed by atoms with Gasteiger partial charge in [0.15, 0.2) is 0 Å². The van der Waals surface area contributed by atoms with Crippen molar-refractivity contribution >= 4 is 12.2 Å². The Hall–Kier alpha value is -2.08. The van der Waals surface area contributed by atoms with Crippen molar-refractivity contribution in [1.82, 2.24) is 0 Å². The summed E-state index contributed by atoms with van der Waals surface area (Å²) in [7, 11) is 0. The molecule has 0 aromatic heterocycles. The fourth-order valence-corrected chi connectivity index (χ4v) is 2.02. The van der Waals surface area contributed by atoms with E-state index in [1.54, 1.807) is 0 Å². The van der Waals surface area contributed by atoms with Crippen LogP contribution in [-0.4, -0.2) is 0 Å². The molecular formula is C18H18. The van der Waals surface area contributed by atoms with Crippen LogP contribution in [0.2, 0.25) is 0 Å². The molecule has 0 N–H and O–H groups in total. The number of benzene rings is 2. The highest BCUT2D eigenvalue weighted by Gasteiger charge is 2.01. The van der Waals surface area contributed by atoms with Gasteiger partial charge in [-0.15, -0.1) is 0 Å². The van der Waals surface area contributed by atoms with Crippen LogP contribution in [0.5, 0.6) is 0 Å². The van der Waals surface area contributed by atoms with Gasteiger partial charge in [-0.2, -0.15) is 0 Å². The Bertz CT molecular complexity index is 559. The molecule has 0 aliphatic carbocycles. The number of aryl methyl sites for hydroxylation is 1. The summed E-state index contributed by atoms with van der Waals surface area (Å²) in [5.74, 6) is 0. The molecule has 90 valence electrons. The maximum absolute atomic E-state index is 3.86. The molecule has 0 amide bonds. The van der Waals surface area contributed by atoms with E-state index in [1.165, 1.54) is 22.3 Å². The molecule has 2 rings (SSSR count). The van der Waals surface area contributed by atoms with E-state index in [-0.39, 0.29) is 0 Å². The summed E-state index contributed by atoms with van der Waals surface area (Å²) in [5.41, 5.74) is 6.15. The second-order valence-electron chi connectivity index (χ2n) is 4.35. The minimum atomic E-state index is 1.04. The largest absolute Gasteiger partial charge is 0.0985 e. The third-order valence-corrected chi connectivity index (χ3v) is 3.14. The summed E-state index contributed by atoms with van der Waals surface area (Å²) >= 11 is 0. The molecule has 0 spiro atoms. The molecular weight excluding hydrogens is 216 g/mol. The summed E-state index contributed by atoms with van der Waals surface area (Å²) < 4.78 is 0. The fourth-order valence-electron chi connectivity index (χ4n) is 2.02. The standard InChI is InChI=1S/C18H18/c1-4-14-7-9-17(10-8-14)18-12-15(5-2)11-16(6-3)13-18/h4-5,7-13H,1-2,6H2,3H3. The maximum Gasteiger partial charge on any atom is -0.0175 e. The molecule has 0 aliphatic heterocycles. The quantitative estimate of drug-likeness (QED) is 0.682. The van der Waals surface area contributed by atoms with E-state index in [4.69, 9.17) is 0 Å². The molecule has 0 nitrogen and oxygen atoms in total. The highest BCUT2D eigenvalue weighted by atomic mass is 14.1. The Balaban J connectivity index is 2.47. The van der Waals surface area contributed by atoms with Crippen molar-refractivity contribution in [3.63, 3.8) is 0 Å².